The molecule has 0 heterocycles. The molecule has 3 atom stereocenters. The molecule has 3 N–H and O–H groups in total. The van der Waals surface area contributed by atoms with Crippen molar-refractivity contribution in [1.82, 2.24) is 10.6 Å². The quantitative estimate of drug-likeness (QED) is 0.118. The second-order valence-corrected chi connectivity index (χ2v) is 10.1. The molecule has 0 aromatic heterocycles. The number of benzene rings is 1. The Morgan fingerprint density at radius 2 is 1.95 bits per heavy atom. The maximum Gasteiger partial charge on any atom is 0.416 e. The van der Waals surface area contributed by atoms with E-state index in [9.17, 15) is 31.9 Å². The largest absolute Gasteiger partial charge is 0.416 e. The van der Waals surface area contributed by atoms with Crippen molar-refractivity contribution in [3.63, 3.8) is 0 Å². The van der Waals surface area contributed by atoms with Gasteiger partial charge in [-0.05, 0) is 55.7 Å². The number of hydrogen-bond acceptors (Lipinski definition) is 4. The number of aliphatic hydroxyl groups is 1. The van der Waals surface area contributed by atoms with Gasteiger partial charge in [0.05, 0.1) is 17.7 Å². The van der Waals surface area contributed by atoms with E-state index in [0.717, 1.165) is 36.8 Å². The zero-order valence-electron chi connectivity index (χ0n) is 21.7. The lowest BCUT2D eigenvalue weighted by Gasteiger charge is -2.26. The third-order valence-corrected chi connectivity index (χ3v) is 6.60. The van der Waals surface area contributed by atoms with Crippen molar-refractivity contribution in [3.05, 3.63) is 58.9 Å². The van der Waals surface area contributed by atoms with Crippen molar-refractivity contribution in [2.45, 2.75) is 83.9 Å². The topological polar surface area (TPSA) is 61.4 Å². The summed E-state index contributed by atoms with van der Waals surface area (Å²) < 4.78 is 66.1. The maximum atomic E-state index is 14.1. The number of allylic oxidation sites excluding steroid dienone is 3. The number of carbonyl (C=O) groups is 1. The van der Waals surface area contributed by atoms with Gasteiger partial charge >= 0.3 is 6.18 Å². The molecule has 3 unspecified atom stereocenters. The molecule has 1 aromatic rings. The molecule has 10 heteroatoms. The third-order valence-electron chi connectivity index (χ3n) is 5.53. The molecule has 37 heavy (non-hydrogen) atoms. The van der Waals surface area contributed by atoms with Gasteiger partial charge < -0.3 is 15.7 Å². The van der Waals surface area contributed by atoms with Crippen LogP contribution >= 0.6 is 11.8 Å². The van der Waals surface area contributed by atoms with E-state index in [-0.39, 0.29) is 31.8 Å². The van der Waals surface area contributed by atoms with Gasteiger partial charge in [0.15, 0.2) is 0 Å². The minimum absolute atomic E-state index is 0.0106. The van der Waals surface area contributed by atoms with Crippen molar-refractivity contribution >= 4 is 17.7 Å². The lowest BCUT2D eigenvalue weighted by molar-refractivity contribution is -0.137. The van der Waals surface area contributed by atoms with Crippen LogP contribution in [0.1, 0.15) is 64.0 Å². The Morgan fingerprint density at radius 3 is 2.57 bits per heavy atom. The molecule has 1 rings (SSSR count). The predicted molar refractivity (Wildman–Crippen MR) is 141 cm³/mol. The Hall–Kier alpha value is -1.91. The minimum atomic E-state index is -4.45. The van der Waals surface area contributed by atoms with E-state index in [1.807, 2.05) is 0 Å². The van der Waals surface area contributed by atoms with Gasteiger partial charge in [-0.1, -0.05) is 44.0 Å². The Balaban J connectivity index is 2.86. The predicted octanol–water partition coefficient (Wildman–Crippen LogP) is 6.50. The highest BCUT2D eigenvalue weighted by Crippen LogP contribution is 2.29. The van der Waals surface area contributed by atoms with Crippen LogP contribution in [0.5, 0.6) is 0 Å². The summed E-state index contributed by atoms with van der Waals surface area (Å²) >= 11 is 1.67. The molecule has 0 spiro atoms. The average molecular weight is 551 g/mol. The van der Waals surface area contributed by atoms with Gasteiger partial charge in [-0.25, -0.2) is 8.78 Å². The van der Waals surface area contributed by atoms with Gasteiger partial charge in [-0.15, -0.1) is 0 Å². The SMILES string of the molecule is CCCCSCCC(=O)NC(C/C(=C/C(F)=C\C(C)F)CC)C(O)CNCc1cccc(C(F)(F)F)c1. The summed E-state index contributed by atoms with van der Waals surface area (Å²) in [5, 5.41) is 16.6. The van der Waals surface area contributed by atoms with E-state index in [4.69, 9.17) is 0 Å². The highest BCUT2D eigenvalue weighted by atomic mass is 32.2. The minimum Gasteiger partial charge on any atom is -0.390 e. The molecule has 210 valence electrons. The molecule has 0 aliphatic carbocycles. The number of alkyl halides is 4. The normalized spacial score (nSPS) is 15.4. The molecule has 1 aromatic carbocycles. The smallest absolute Gasteiger partial charge is 0.390 e. The van der Waals surface area contributed by atoms with Crippen LogP contribution < -0.4 is 10.6 Å². The molecule has 1 amide bonds. The first kappa shape index (κ1) is 33.1. The first-order valence-corrected chi connectivity index (χ1v) is 13.7. The summed E-state index contributed by atoms with van der Waals surface area (Å²) in [6.07, 6.45) is -2.01. The summed E-state index contributed by atoms with van der Waals surface area (Å²) in [6, 6.07) is 4.12. The highest BCUT2D eigenvalue weighted by molar-refractivity contribution is 7.99. The fourth-order valence-electron chi connectivity index (χ4n) is 3.49. The van der Waals surface area contributed by atoms with Gasteiger partial charge in [0.1, 0.15) is 12.0 Å². The fraction of sp³-hybridized carbons (Fsp3) is 0.593. The number of rotatable bonds is 17. The number of aliphatic hydroxyl groups excluding tert-OH is 1. The zero-order valence-corrected chi connectivity index (χ0v) is 22.5. The summed E-state index contributed by atoms with van der Waals surface area (Å²) in [5.74, 6) is 0.595. The van der Waals surface area contributed by atoms with Crippen molar-refractivity contribution < 1.29 is 31.9 Å². The Morgan fingerprint density at radius 1 is 1.22 bits per heavy atom. The second kappa shape index (κ2) is 17.6. The highest BCUT2D eigenvalue weighted by Gasteiger charge is 2.30. The van der Waals surface area contributed by atoms with E-state index >= 15 is 0 Å². The number of thioether (sulfide) groups is 1. The third kappa shape index (κ3) is 14.6. The number of nitrogens with one attached hydrogen (secondary N) is 2. The molecule has 4 nitrogen and oxygen atoms in total. The lowest BCUT2D eigenvalue weighted by Crippen LogP contribution is -2.47. The first-order chi connectivity index (χ1) is 17.5. The van der Waals surface area contributed by atoms with Crippen LogP contribution in [0.3, 0.4) is 0 Å². The van der Waals surface area contributed by atoms with Crippen LogP contribution in [0.2, 0.25) is 0 Å². The van der Waals surface area contributed by atoms with Gasteiger partial charge in [0.25, 0.3) is 0 Å². The van der Waals surface area contributed by atoms with E-state index in [0.29, 0.717) is 23.3 Å². The van der Waals surface area contributed by atoms with Crippen molar-refractivity contribution in [1.29, 1.82) is 0 Å². The van der Waals surface area contributed by atoms with Crippen LogP contribution in [0.15, 0.2) is 47.8 Å². The molecular formula is C27H39F5N2O2S. The standard InChI is InChI=1S/C27H39F5N2O2S/c1-4-6-11-37-12-10-26(36)34-24(16-20(5-2)15-23(29)13-19(3)28)25(35)18-33-17-21-8-7-9-22(14-21)27(30,31)32/h7-9,13-15,19,24-25,33,35H,4-6,10-12,16-18H2,1-3H3,(H,34,36)/b20-15+,23-13+. The fourth-order valence-corrected chi connectivity index (χ4v) is 4.52. The van der Waals surface area contributed by atoms with Crippen molar-refractivity contribution in [3.8, 4) is 0 Å². The summed E-state index contributed by atoms with van der Waals surface area (Å²) in [4.78, 5) is 12.5. The molecule has 0 aliphatic heterocycles. The van der Waals surface area contributed by atoms with E-state index in [1.165, 1.54) is 19.1 Å². The number of hydrogen-bond donors (Lipinski definition) is 3. The van der Waals surface area contributed by atoms with Crippen molar-refractivity contribution in [2.75, 3.05) is 18.1 Å². The number of halogens is 5. The van der Waals surface area contributed by atoms with E-state index in [1.54, 1.807) is 24.8 Å². The van der Waals surface area contributed by atoms with Crippen LogP contribution in [0.4, 0.5) is 22.0 Å². The summed E-state index contributed by atoms with van der Waals surface area (Å²) in [7, 11) is 0. The zero-order chi connectivity index (χ0) is 27.8. The van der Waals surface area contributed by atoms with Crippen LogP contribution in [0.25, 0.3) is 0 Å². The Labute approximate surface area is 221 Å². The Bertz CT molecular complexity index is 875. The Kier molecular flexibility index (Phi) is 15.7. The first-order valence-electron chi connectivity index (χ1n) is 12.6. The van der Waals surface area contributed by atoms with E-state index < -0.39 is 35.9 Å². The summed E-state index contributed by atoms with van der Waals surface area (Å²) in [6.45, 7) is 5.16. The molecule has 0 aliphatic rings. The summed E-state index contributed by atoms with van der Waals surface area (Å²) in [5.41, 5.74) is 0.215. The average Bonchev–Trinajstić information content (AvgIpc) is 2.82. The number of amides is 1. The molecular weight excluding hydrogens is 511 g/mol. The van der Waals surface area contributed by atoms with Crippen LogP contribution in [0, 0.1) is 0 Å². The van der Waals surface area contributed by atoms with Gasteiger partial charge in [0.2, 0.25) is 5.91 Å². The second-order valence-electron chi connectivity index (χ2n) is 8.88. The number of carbonyl (C=O) groups excluding carboxylic acids is 1. The molecule has 0 bridgehead atoms. The monoisotopic (exact) mass is 550 g/mol. The van der Waals surface area contributed by atoms with Crippen LogP contribution in [-0.2, 0) is 17.5 Å². The van der Waals surface area contributed by atoms with Crippen molar-refractivity contribution in [2.24, 2.45) is 0 Å². The molecule has 0 saturated heterocycles. The van der Waals surface area contributed by atoms with Gasteiger partial charge in [-0.3, -0.25) is 4.79 Å². The number of unbranched alkanes of at least 4 members (excludes halogenated alkanes) is 1. The lowest BCUT2D eigenvalue weighted by atomic mass is 9.98. The molecule has 0 fully saturated rings. The van der Waals surface area contributed by atoms with Crippen LogP contribution in [-0.4, -0.2) is 47.4 Å². The van der Waals surface area contributed by atoms with Gasteiger partial charge in [0, 0.05) is 25.3 Å². The molecule has 0 radical (unpaired) electrons. The van der Waals surface area contributed by atoms with Gasteiger partial charge in [-0.2, -0.15) is 24.9 Å². The van der Waals surface area contributed by atoms with E-state index in [2.05, 4.69) is 17.6 Å². The molecule has 0 saturated carbocycles. The maximum absolute atomic E-state index is 14.1.